The number of benzene rings is 1. The van der Waals surface area contributed by atoms with Gasteiger partial charge in [-0.3, -0.25) is 14.9 Å². The molecule has 1 heterocycles. The molecule has 1 aromatic rings. The van der Waals surface area contributed by atoms with E-state index in [1.165, 1.54) is 24.3 Å². The fraction of sp³-hybridized carbons (Fsp3) is 0.533. The highest BCUT2D eigenvalue weighted by Crippen LogP contribution is 2.34. The van der Waals surface area contributed by atoms with E-state index in [0.29, 0.717) is 18.7 Å². The lowest BCUT2D eigenvalue weighted by atomic mass is 9.77. The van der Waals surface area contributed by atoms with Crippen LogP contribution in [0.15, 0.2) is 24.3 Å². The summed E-state index contributed by atoms with van der Waals surface area (Å²) in [4.78, 5) is 24.2. The molecule has 0 spiro atoms. The van der Waals surface area contributed by atoms with E-state index in [4.69, 9.17) is 0 Å². The van der Waals surface area contributed by atoms with Gasteiger partial charge in [-0.25, -0.2) is 0 Å². The molecule has 0 aromatic heterocycles. The van der Waals surface area contributed by atoms with Gasteiger partial charge in [0.2, 0.25) is 0 Å². The zero-order valence-electron chi connectivity index (χ0n) is 12.1. The number of hydrogen-bond donors (Lipinski definition) is 1. The van der Waals surface area contributed by atoms with Crippen LogP contribution in [0.4, 0.5) is 5.69 Å². The Labute approximate surface area is 123 Å². The number of piperidine rings is 1. The fourth-order valence-electron chi connectivity index (χ4n) is 2.72. The minimum Gasteiger partial charge on any atom is -0.396 e. The molecule has 21 heavy (non-hydrogen) atoms. The molecule has 1 N–H and O–H groups in total. The van der Waals surface area contributed by atoms with E-state index in [9.17, 15) is 20.0 Å². The van der Waals surface area contributed by atoms with Crippen molar-refractivity contribution in [3.8, 4) is 0 Å². The highest BCUT2D eigenvalue weighted by molar-refractivity contribution is 5.94. The van der Waals surface area contributed by atoms with Gasteiger partial charge < -0.3 is 10.0 Å². The van der Waals surface area contributed by atoms with Crippen LogP contribution in [0.5, 0.6) is 0 Å². The van der Waals surface area contributed by atoms with E-state index in [2.05, 4.69) is 6.92 Å². The number of nitro groups is 1. The Kier molecular flexibility index (Phi) is 4.57. The van der Waals surface area contributed by atoms with Gasteiger partial charge in [0, 0.05) is 37.4 Å². The van der Waals surface area contributed by atoms with Gasteiger partial charge in [-0.1, -0.05) is 6.92 Å². The monoisotopic (exact) mass is 292 g/mol. The van der Waals surface area contributed by atoms with Crippen LogP contribution < -0.4 is 0 Å². The Morgan fingerprint density at radius 2 is 1.90 bits per heavy atom. The molecule has 0 aliphatic carbocycles. The SMILES string of the molecule is CCC1(CO)CCN(C(=O)c2ccc([N+](=O)[O-])cc2)CC1. The minimum atomic E-state index is -0.480. The molecular weight excluding hydrogens is 272 g/mol. The third-order valence-corrected chi connectivity index (χ3v) is 4.52. The number of likely N-dealkylation sites (tertiary alicyclic amines) is 1. The standard InChI is InChI=1S/C15H20N2O4/c1-2-15(11-18)7-9-16(10-8-15)14(19)12-3-5-13(6-4-12)17(20)21/h3-6,18H,2,7-11H2,1H3. The molecular formula is C15H20N2O4. The number of amides is 1. The second kappa shape index (κ2) is 6.22. The highest BCUT2D eigenvalue weighted by atomic mass is 16.6. The lowest BCUT2D eigenvalue weighted by Crippen LogP contribution is -2.44. The van der Waals surface area contributed by atoms with Crippen LogP contribution in [0.2, 0.25) is 0 Å². The smallest absolute Gasteiger partial charge is 0.269 e. The molecule has 0 unspecified atom stereocenters. The van der Waals surface area contributed by atoms with Crippen LogP contribution in [0.25, 0.3) is 0 Å². The van der Waals surface area contributed by atoms with Crippen LogP contribution in [0.3, 0.4) is 0 Å². The minimum absolute atomic E-state index is 0.0181. The average Bonchev–Trinajstić information content (AvgIpc) is 2.54. The Morgan fingerprint density at radius 1 is 1.33 bits per heavy atom. The lowest BCUT2D eigenvalue weighted by Gasteiger charge is -2.40. The van der Waals surface area contributed by atoms with Crippen LogP contribution in [-0.2, 0) is 0 Å². The Balaban J connectivity index is 2.03. The Hall–Kier alpha value is -1.95. The maximum absolute atomic E-state index is 12.4. The molecule has 1 aliphatic rings. The molecule has 114 valence electrons. The van der Waals surface area contributed by atoms with Crippen molar-refractivity contribution in [1.29, 1.82) is 0 Å². The molecule has 0 bridgehead atoms. The summed E-state index contributed by atoms with van der Waals surface area (Å²) >= 11 is 0. The maximum atomic E-state index is 12.4. The van der Waals surface area contributed by atoms with E-state index in [1.807, 2.05) is 0 Å². The van der Waals surface area contributed by atoms with E-state index < -0.39 is 4.92 Å². The molecule has 6 nitrogen and oxygen atoms in total. The van der Waals surface area contributed by atoms with E-state index in [1.54, 1.807) is 4.90 Å². The van der Waals surface area contributed by atoms with Crippen molar-refractivity contribution < 1.29 is 14.8 Å². The first-order chi connectivity index (χ1) is 10.0. The number of nitrogens with zero attached hydrogens (tertiary/aromatic N) is 2. The molecule has 0 saturated carbocycles. The summed E-state index contributed by atoms with van der Waals surface area (Å²) in [6.07, 6.45) is 2.49. The van der Waals surface area contributed by atoms with E-state index in [-0.39, 0.29) is 23.6 Å². The average molecular weight is 292 g/mol. The predicted octanol–water partition coefficient (Wildman–Crippen LogP) is 2.22. The first kappa shape index (κ1) is 15.4. The van der Waals surface area contributed by atoms with Crippen molar-refractivity contribution in [3.05, 3.63) is 39.9 Å². The number of rotatable bonds is 4. The van der Waals surface area contributed by atoms with E-state index in [0.717, 1.165) is 19.3 Å². The van der Waals surface area contributed by atoms with Crippen molar-refractivity contribution in [2.24, 2.45) is 5.41 Å². The van der Waals surface area contributed by atoms with Gasteiger partial charge in [-0.15, -0.1) is 0 Å². The number of carbonyl (C=O) groups excluding carboxylic acids is 1. The molecule has 6 heteroatoms. The number of nitro benzene ring substituents is 1. The van der Waals surface area contributed by atoms with Crippen LogP contribution in [0, 0.1) is 15.5 Å². The number of non-ortho nitro benzene ring substituents is 1. The van der Waals surface area contributed by atoms with Crippen molar-refractivity contribution in [2.75, 3.05) is 19.7 Å². The molecule has 0 radical (unpaired) electrons. The van der Waals surface area contributed by atoms with Gasteiger partial charge >= 0.3 is 0 Å². The number of aliphatic hydroxyl groups is 1. The number of aliphatic hydroxyl groups excluding tert-OH is 1. The van der Waals surface area contributed by atoms with Gasteiger partial charge in [-0.05, 0) is 36.8 Å². The molecule has 1 saturated heterocycles. The van der Waals surface area contributed by atoms with Crippen LogP contribution >= 0.6 is 0 Å². The number of carbonyl (C=O) groups is 1. The second-order valence-electron chi connectivity index (χ2n) is 5.61. The number of hydrogen-bond acceptors (Lipinski definition) is 4. The van der Waals surface area contributed by atoms with Gasteiger partial charge in [0.05, 0.1) is 4.92 Å². The quantitative estimate of drug-likeness (QED) is 0.681. The molecule has 1 amide bonds. The van der Waals surface area contributed by atoms with Crippen molar-refractivity contribution in [2.45, 2.75) is 26.2 Å². The van der Waals surface area contributed by atoms with Gasteiger partial charge in [0.15, 0.2) is 0 Å². The van der Waals surface area contributed by atoms with Gasteiger partial charge in [0.1, 0.15) is 0 Å². The topological polar surface area (TPSA) is 83.7 Å². The molecule has 2 rings (SSSR count). The zero-order valence-corrected chi connectivity index (χ0v) is 12.1. The van der Waals surface area contributed by atoms with Crippen LogP contribution in [0.1, 0.15) is 36.5 Å². The summed E-state index contributed by atoms with van der Waals surface area (Å²) in [6.45, 7) is 3.45. The first-order valence-corrected chi connectivity index (χ1v) is 7.16. The second-order valence-corrected chi connectivity index (χ2v) is 5.61. The predicted molar refractivity (Wildman–Crippen MR) is 78.0 cm³/mol. The van der Waals surface area contributed by atoms with Crippen molar-refractivity contribution in [1.82, 2.24) is 4.90 Å². The summed E-state index contributed by atoms with van der Waals surface area (Å²) in [7, 11) is 0. The first-order valence-electron chi connectivity index (χ1n) is 7.16. The van der Waals surface area contributed by atoms with Crippen molar-refractivity contribution in [3.63, 3.8) is 0 Å². The third-order valence-electron chi connectivity index (χ3n) is 4.52. The fourth-order valence-corrected chi connectivity index (χ4v) is 2.72. The third kappa shape index (κ3) is 3.21. The van der Waals surface area contributed by atoms with Crippen molar-refractivity contribution >= 4 is 11.6 Å². The molecule has 1 aromatic carbocycles. The van der Waals surface area contributed by atoms with Crippen LogP contribution in [-0.4, -0.2) is 40.5 Å². The lowest BCUT2D eigenvalue weighted by molar-refractivity contribution is -0.384. The summed E-state index contributed by atoms with van der Waals surface area (Å²) in [6, 6.07) is 5.69. The maximum Gasteiger partial charge on any atom is 0.269 e. The summed E-state index contributed by atoms with van der Waals surface area (Å²) in [5, 5.41) is 20.1. The zero-order chi connectivity index (χ0) is 15.5. The molecule has 1 aliphatic heterocycles. The Morgan fingerprint density at radius 3 is 2.33 bits per heavy atom. The largest absolute Gasteiger partial charge is 0.396 e. The van der Waals surface area contributed by atoms with Gasteiger partial charge in [-0.2, -0.15) is 0 Å². The normalized spacial score (nSPS) is 17.5. The summed E-state index contributed by atoms with van der Waals surface area (Å²) in [5.41, 5.74) is 0.385. The summed E-state index contributed by atoms with van der Waals surface area (Å²) in [5.74, 6) is -0.104. The Bertz CT molecular complexity index is 513. The molecule has 0 atom stereocenters. The van der Waals surface area contributed by atoms with E-state index >= 15 is 0 Å². The molecule has 1 fully saturated rings. The highest BCUT2D eigenvalue weighted by Gasteiger charge is 2.34. The summed E-state index contributed by atoms with van der Waals surface area (Å²) < 4.78 is 0. The van der Waals surface area contributed by atoms with Gasteiger partial charge in [0.25, 0.3) is 11.6 Å².